The molecule has 0 radical (unpaired) electrons. The Balaban J connectivity index is 1.04. The summed E-state index contributed by atoms with van der Waals surface area (Å²) in [5.41, 5.74) is 15.6. The lowest BCUT2D eigenvalue weighted by atomic mass is 9.72. The molecule has 0 saturated heterocycles. The first-order valence-electron chi connectivity index (χ1n) is 17.5. The third-order valence-electron chi connectivity index (χ3n) is 11.8. The van der Waals surface area contributed by atoms with Gasteiger partial charge < -0.3 is 4.90 Å². The molecule has 1 aromatic heterocycles. The summed E-state index contributed by atoms with van der Waals surface area (Å²) in [7, 11) is -1.19. The number of hydrogen-bond acceptors (Lipinski definition) is 2. The zero-order valence-electron chi connectivity index (χ0n) is 26.5. The number of benzene rings is 3. The number of nitrogens with zero attached hydrogens (tertiary/aromatic N) is 1. The van der Waals surface area contributed by atoms with Gasteiger partial charge in [0.1, 0.15) is 0 Å². The molecule has 0 saturated carbocycles. The quantitative estimate of drug-likeness (QED) is 0.204. The van der Waals surface area contributed by atoms with Crippen LogP contribution in [-0.4, -0.2) is 8.80 Å². The number of hydrogen-bond donors (Lipinski definition) is 0. The fraction of sp³-hybridized carbons (Fsp3) is 0.256. The van der Waals surface area contributed by atoms with Crippen LogP contribution in [0.5, 0.6) is 0 Å². The average molecular weight is 630 g/mol. The predicted molar refractivity (Wildman–Crippen MR) is 201 cm³/mol. The first-order valence-corrected chi connectivity index (χ1v) is 20.7. The van der Waals surface area contributed by atoms with Gasteiger partial charge in [-0.15, -0.1) is 11.3 Å². The van der Waals surface area contributed by atoms with Crippen molar-refractivity contribution in [3.63, 3.8) is 0 Å². The third-order valence-corrected chi connectivity index (χ3v) is 16.4. The Kier molecular flexibility index (Phi) is 6.24. The Morgan fingerprint density at radius 1 is 0.848 bits per heavy atom. The molecule has 1 aliphatic heterocycles. The SMILES string of the molecule is C[SiH]1c2ccc3c4c(sc3c2C2C=CC(N(C3=CC=C5c6ccc7c(c6CCC5C3)CCC=C7)c3ccccc3)=CC21)CCC=C4. The molecule has 6 aliphatic rings. The van der Waals surface area contributed by atoms with Crippen molar-refractivity contribution in [2.45, 2.75) is 63.0 Å². The molecule has 3 heteroatoms. The Hall–Kier alpha value is -3.92. The molecule has 1 nitrogen and oxygen atoms in total. The number of rotatable bonds is 3. The molecule has 2 heterocycles. The normalized spacial score (nSPS) is 25.0. The zero-order chi connectivity index (χ0) is 30.4. The van der Waals surface area contributed by atoms with Crippen molar-refractivity contribution < 1.29 is 0 Å². The van der Waals surface area contributed by atoms with Gasteiger partial charge in [-0.3, -0.25) is 0 Å². The minimum Gasteiger partial charge on any atom is -0.315 e. The van der Waals surface area contributed by atoms with E-state index < -0.39 is 8.80 Å². The number of thiophene rings is 1. The van der Waals surface area contributed by atoms with Crippen LogP contribution in [0.25, 0.3) is 27.8 Å². The second kappa shape index (κ2) is 10.6. The highest BCUT2D eigenvalue weighted by Crippen LogP contribution is 2.51. The fourth-order valence-corrected chi connectivity index (χ4v) is 14.2. The van der Waals surface area contributed by atoms with E-state index in [1.165, 1.54) is 77.7 Å². The zero-order valence-corrected chi connectivity index (χ0v) is 28.5. The summed E-state index contributed by atoms with van der Waals surface area (Å²) >= 11 is 2.09. The topological polar surface area (TPSA) is 3.24 Å². The van der Waals surface area contributed by atoms with Gasteiger partial charge in [0, 0.05) is 38.0 Å². The van der Waals surface area contributed by atoms with Gasteiger partial charge in [-0.25, -0.2) is 0 Å². The van der Waals surface area contributed by atoms with Gasteiger partial charge in [0.05, 0.1) is 8.80 Å². The highest BCUT2D eigenvalue weighted by Gasteiger charge is 2.41. The molecule has 0 amide bonds. The lowest BCUT2D eigenvalue weighted by molar-refractivity contribution is 0.570. The first-order chi connectivity index (χ1) is 22.7. The molecular formula is C43H39NSSi. The molecule has 5 aliphatic carbocycles. The molecule has 3 aromatic carbocycles. The summed E-state index contributed by atoms with van der Waals surface area (Å²) in [5, 5.41) is 3.19. The Bertz CT molecular complexity index is 2120. The van der Waals surface area contributed by atoms with Crippen LogP contribution in [0.4, 0.5) is 5.69 Å². The van der Waals surface area contributed by atoms with Gasteiger partial charge in [-0.05, 0) is 120 Å². The summed E-state index contributed by atoms with van der Waals surface area (Å²) in [4.78, 5) is 4.19. The van der Waals surface area contributed by atoms with Crippen LogP contribution < -0.4 is 10.1 Å². The number of aryl methyl sites for hydroxylation is 1. The van der Waals surface area contributed by atoms with Crippen molar-refractivity contribution in [3.05, 3.63) is 147 Å². The van der Waals surface area contributed by atoms with E-state index in [0.717, 1.165) is 6.42 Å². The number of allylic oxidation sites excluding steroid dienone is 9. The third kappa shape index (κ3) is 4.04. The molecule has 0 bridgehead atoms. The van der Waals surface area contributed by atoms with Gasteiger partial charge >= 0.3 is 0 Å². The Labute approximate surface area is 278 Å². The largest absolute Gasteiger partial charge is 0.315 e. The molecule has 0 fully saturated rings. The second-order valence-corrected chi connectivity index (χ2v) is 18.2. The highest BCUT2D eigenvalue weighted by molar-refractivity contribution is 7.19. The van der Waals surface area contributed by atoms with E-state index in [-0.39, 0.29) is 0 Å². The van der Waals surface area contributed by atoms with Crippen molar-refractivity contribution >= 4 is 58.8 Å². The van der Waals surface area contributed by atoms with E-state index in [9.17, 15) is 0 Å². The van der Waals surface area contributed by atoms with Crippen molar-refractivity contribution in [3.8, 4) is 0 Å². The maximum Gasteiger partial charge on any atom is 0.0760 e. The average Bonchev–Trinajstić information content (AvgIpc) is 3.63. The van der Waals surface area contributed by atoms with Crippen molar-refractivity contribution in [2.24, 2.45) is 5.92 Å². The summed E-state index contributed by atoms with van der Waals surface area (Å²) in [6, 6.07) is 20.9. The summed E-state index contributed by atoms with van der Waals surface area (Å²) in [6.45, 7) is 2.60. The molecule has 4 aromatic rings. The lowest BCUT2D eigenvalue weighted by Gasteiger charge is -2.38. The minimum absolute atomic E-state index is 0.508. The van der Waals surface area contributed by atoms with Crippen molar-refractivity contribution in [1.82, 2.24) is 0 Å². The van der Waals surface area contributed by atoms with Crippen molar-refractivity contribution in [2.75, 3.05) is 4.90 Å². The van der Waals surface area contributed by atoms with Crippen LogP contribution in [0.2, 0.25) is 12.1 Å². The predicted octanol–water partition coefficient (Wildman–Crippen LogP) is 10.2. The van der Waals surface area contributed by atoms with Crippen LogP contribution in [0.15, 0.2) is 109 Å². The van der Waals surface area contributed by atoms with Crippen LogP contribution in [0.1, 0.15) is 69.9 Å². The first kappa shape index (κ1) is 27.2. The van der Waals surface area contributed by atoms with Crippen LogP contribution in [0, 0.1) is 5.92 Å². The van der Waals surface area contributed by atoms with Gasteiger partial charge in [0.25, 0.3) is 0 Å². The van der Waals surface area contributed by atoms with Gasteiger partial charge in [-0.1, -0.05) is 96.7 Å². The Morgan fingerprint density at radius 2 is 1.74 bits per heavy atom. The van der Waals surface area contributed by atoms with Crippen LogP contribution in [0.3, 0.4) is 0 Å². The molecule has 0 N–H and O–H groups in total. The fourth-order valence-electron chi connectivity index (χ4n) is 9.60. The van der Waals surface area contributed by atoms with Gasteiger partial charge in [0.15, 0.2) is 0 Å². The highest BCUT2D eigenvalue weighted by atomic mass is 32.1. The van der Waals surface area contributed by atoms with E-state index in [2.05, 4.69) is 132 Å². The second-order valence-electron chi connectivity index (χ2n) is 14.2. The standard InChI is InChI=1S/C43H39NSSi/c1-46-40-24-23-37-36-13-7-8-14-39(36)45-43(37)42(40)38-22-18-31(26-41(38)46)44(29-10-3-2-4-11-29)30-17-21-33-28(25-30)16-20-34-32-12-6-5-9-27(32)15-19-35(33)34/h2-5,7,9-11,13,15,17-19,21-24,26,28,38,41,46H,6,8,12,14,16,20,25H2,1H3. The number of anilines is 1. The molecule has 46 heavy (non-hydrogen) atoms. The summed E-state index contributed by atoms with van der Waals surface area (Å²) in [6.07, 6.45) is 30.4. The van der Waals surface area contributed by atoms with Crippen LogP contribution in [-0.2, 0) is 19.3 Å². The monoisotopic (exact) mass is 629 g/mol. The molecule has 10 rings (SSSR count). The molecule has 4 atom stereocenters. The minimum atomic E-state index is -1.19. The smallest absolute Gasteiger partial charge is 0.0760 e. The summed E-state index contributed by atoms with van der Waals surface area (Å²) in [5.74, 6) is 1.08. The van der Waals surface area contributed by atoms with E-state index in [1.807, 2.05) is 0 Å². The van der Waals surface area contributed by atoms with E-state index in [0.29, 0.717) is 17.4 Å². The van der Waals surface area contributed by atoms with E-state index in [4.69, 9.17) is 0 Å². The molecule has 0 spiro atoms. The van der Waals surface area contributed by atoms with Gasteiger partial charge in [-0.2, -0.15) is 0 Å². The Morgan fingerprint density at radius 3 is 2.67 bits per heavy atom. The summed E-state index contributed by atoms with van der Waals surface area (Å²) < 4.78 is 1.57. The van der Waals surface area contributed by atoms with E-state index in [1.54, 1.807) is 37.0 Å². The maximum atomic E-state index is 2.68. The number of fused-ring (bicyclic) bond motifs is 12. The molecule has 226 valence electrons. The van der Waals surface area contributed by atoms with Gasteiger partial charge in [0.2, 0.25) is 0 Å². The van der Waals surface area contributed by atoms with E-state index >= 15 is 0 Å². The number of para-hydroxylation sites is 1. The van der Waals surface area contributed by atoms with Crippen molar-refractivity contribution in [1.29, 1.82) is 0 Å². The van der Waals surface area contributed by atoms with Crippen LogP contribution >= 0.6 is 11.3 Å². The molecule has 4 unspecified atom stereocenters. The maximum absolute atomic E-state index is 2.68. The molecular weight excluding hydrogens is 591 g/mol. The lowest BCUT2D eigenvalue weighted by Crippen LogP contribution is -2.30.